The molecule has 0 aliphatic carbocycles. The van der Waals surface area contributed by atoms with Crippen LogP contribution in [0.15, 0.2) is 30.6 Å². The SMILES string of the molecule is N#Cc1ccc(Nc2cc(Cl)nc3ncnn23)cc1C#N. The van der Waals surface area contributed by atoms with Gasteiger partial charge in [-0.15, -0.1) is 0 Å². The van der Waals surface area contributed by atoms with Crippen molar-refractivity contribution in [2.24, 2.45) is 0 Å². The van der Waals surface area contributed by atoms with Crippen molar-refractivity contribution in [2.45, 2.75) is 0 Å². The molecule has 1 N–H and O–H groups in total. The third-order valence-corrected chi connectivity index (χ3v) is 2.95. The van der Waals surface area contributed by atoms with Crippen molar-refractivity contribution in [1.82, 2.24) is 19.6 Å². The third kappa shape index (κ3) is 2.34. The molecule has 0 spiro atoms. The maximum absolute atomic E-state index is 9.04. The second kappa shape index (κ2) is 5.08. The van der Waals surface area contributed by atoms with E-state index in [-0.39, 0.29) is 10.7 Å². The summed E-state index contributed by atoms with van der Waals surface area (Å²) < 4.78 is 1.48. The van der Waals surface area contributed by atoms with Crippen LogP contribution < -0.4 is 5.32 Å². The van der Waals surface area contributed by atoms with Crippen LogP contribution in [0.3, 0.4) is 0 Å². The van der Waals surface area contributed by atoms with E-state index in [2.05, 4.69) is 20.4 Å². The normalized spacial score (nSPS) is 10.0. The van der Waals surface area contributed by atoms with Crippen LogP contribution in [-0.2, 0) is 0 Å². The largest absolute Gasteiger partial charge is 0.340 e. The number of nitrogens with zero attached hydrogens (tertiary/aromatic N) is 6. The summed E-state index contributed by atoms with van der Waals surface area (Å²) in [7, 11) is 0. The van der Waals surface area contributed by atoms with E-state index >= 15 is 0 Å². The van der Waals surface area contributed by atoms with Gasteiger partial charge in [0.1, 0.15) is 29.4 Å². The second-order valence-electron chi connectivity index (χ2n) is 4.04. The molecule has 0 amide bonds. The molecule has 2 aromatic heterocycles. The number of anilines is 2. The molecule has 21 heavy (non-hydrogen) atoms. The summed E-state index contributed by atoms with van der Waals surface area (Å²) in [6.45, 7) is 0. The molecule has 0 radical (unpaired) electrons. The average molecular weight is 296 g/mol. The zero-order valence-corrected chi connectivity index (χ0v) is 11.2. The first-order chi connectivity index (χ1) is 10.2. The molecule has 8 heteroatoms. The van der Waals surface area contributed by atoms with Crippen LogP contribution >= 0.6 is 11.6 Å². The van der Waals surface area contributed by atoms with Gasteiger partial charge in [0, 0.05) is 11.8 Å². The van der Waals surface area contributed by atoms with Crippen LogP contribution in [0.1, 0.15) is 11.1 Å². The number of halogens is 1. The Balaban J connectivity index is 2.05. The van der Waals surface area contributed by atoms with Crippen molar-refractivity contribution < 1.29 is 0 Å². The van der Waals surface area contributed by atoms with Crippen molar-refractivity contribution in [3.8, 4) is 12.1 Å². The molecule has 3 rings (SSSR count). The fourth-order valence-corrected chi connectivity index (χ4v) is 2.01. The Morgan fingerprint density at radius 1 is 1.14 bits per heavy atom. The first-order valence-electron chi connectivity index (χ1n) is 5.79. The van der Waals surface area contributed by atoms with Crippen LogP contribution in [0.5, 0.6) is 0 Å². The Morgan fingerprint density at radius 2 is 1.95 bits per heavy atom. The summed E-state index contributed by atoms with van der Waals surface area (Å²) in [5.41, 5.74) is 1.24. The molecule has 0 atom stereocenters. The molecule has 0 saturated carbocycles. The van der Waals surface area contributed by atoms with E-state index in [0.29, 0.717) is 22.8 Å². The lowest BCUT2D eigenvalue weighted by Gasteiger charge is -2.08. The second-order valence-corrected chi connectivity index (χ2v) is 4.43. The first-order valence-corrected chi connectivity index (χ1v) is 6.16. The quantitative estimate of drug-likeness (QED) is 0.727. The Morgan fingerprint density at radius 3 is 2.71 bits per heavy atom. The van der Waals surface area contributed by atoms with E-state index in [1.807, 2.05) is 12.1 Å². The number of aromatic nitrogens is 4. The van der Waals surface area contributed by atoms with Crippen LogP contribution in [0.2, 0.25) is 5.15 Å². The van der Waals surface area contributed by atoms with Gasteiger partial charge >= 0.3 is 0 Å². The number of benzene rings is 1. The molecule has 1 aromatic carbocycles. The summed E-state index contributed by atoms with van der Waals surface area (Å²) >= 11 is 5.93. The van der Waals surface area contributed by atoms with Crippen molar-refractivity contribution in [1.29, 1.82) is 10.5 Å². The van der Waals surface area contributed by atoms with Crippen LogP contribution in [0.4, 0.5) is 11.5 Å². The molecule has 0 unspecified atom stereocenters. The lowest BCUT2D eigenvalue weighted by atomic mass is 10.1. The Hall–Kier alpha value is -3.16. The minimum atomic E-state index is 0.271. The van der Waals surface area contributed by atoms with Crippen LogP contribution in [0.25, 0.3) is 5.78 Å². The summed E-state index contributed by atoms with van der Waals surface area (Å²) in [6.07, 6.45) is 1.36. The molecular formula is C13H6ClN7. The van der Waals surface area contributed by atoms with Crippen molar-refractivity contribution >= 4 is 28.9 Å². The minimum absolute atomic E-state index is 0.271. The molecule has 0 saturated heterocycles. The summed E-state index contributed by atoms with van der Waals surface area (Å²) in [5, 5.41) is 25.3. The third-order valence-electron chi connectivity index (χ3n) is 2.75. The molecular weight excluding hydrogens is 290 g/mol. The maximum atomic E-state index is 9.04. The van der Waals surface area contributed by atoms with E-state index < -0.39 is 0 Å². The van der Waals surface area contributed by atoms with E-state index in [9.17, 15) is 0 Å². The van der Waals surface area contributed by atoms with E-state index in [0.717, 1.165) is 0 Å². The van der Waals surface area contributed by atoms with Gasteiger partial charge in [-0.1, -0.05) is 11.6 Å². The number of nitriles is 2. The van der Waals surface area contributed by atoms with Gasteiger partial charge in [0.05, 0.1) is 11.1 Å². The van der Waals surface area contributed by atoms with E-state index in [4.69, 9.17) is 22.1 Å². The van der Waals surface area contributed by atoms with Crippen LogP contribution in [-0.4, -0.2) is 19.6 Å². The molecule has 0 aliphatic rings. The molecule has 0 fully saturated rings. The summed E-state index contributed by atoms with van der Waals surface area (Å²) in [6, 6.07) is 10.4. The highest BCUT2D eigenvalue weighted by molar-refractivity contribution is 6.29. The zero-order chi connectivity index (χ0) is 14.8. The Kier molecular flexibility index (Phi) is 3.11. The van der Waals surface area contributed by atoms with Gasteiger partial charge in [0.15, 0.2) is 0 Å². The molecule has 100 valence electrons. The van der Waals surface area contributed by atoms with Gasteiger partial charge in [-0.05, 0) is 18.2 Å². The average Bonchev–Trinajstić information content (AvgIpc) is 2.95. The van der Waals surface area contributed by atoms with E-state index in [1.165, 1.54) is 10.8 Å². The lowest BCUT2D eigenvalue weighted by Crippen LogP contribution is -2.02. The number of fused-ring (bicyclic) bond motifs is 1. The molecule has 2 heterocycles. The number of rotatable bonds is 2. The summed E-state index contributed by atoms with van der Waals surface area (Å²) in [4.78, 5) is 7.98. The number of hydrogen-bond donors (Lipinski definition) is 1. The predicted molar refractivity (Wildman–Crippen MR) is 74.9 cm³/mol. The fourth-order valence-electron chi connectivity index (χ4n) is 1.83. The number of nitrogens with one attached hydrogen (secondary N) is 1. The highest BCUT2D eigenvalue weighted by Gasteiger charge is 2.08. The van der Waals surface area contributed by atoms with Crippen LogP contribution in [0, 0.1) is 22.7 Å². The Labute approximate surface area is 124 Å². The standard InChI is InChI=1S/C13H6ClN7/c14-11-4-12(21-13(20-11)17-7-18-21)19-10-2-1-8(5-15)9(3-10)6-16/h1-4,7,19H. The van der Waals surface area contributed by atoms with Gasteiger partial charge in [0.25, 0.3) is 5.78 Å². The predicted octanol–water partition coefficient (Wildman–Crippen LogP) is 2.26. The van der Waals surface area contributed by atoms with Gasteiger partial charge in [-0.25, -0.2) is 0 Å². The highest BCUT2D eigenvalue weighted by atomic mass is 35.5. The molecule has 0 bridgehead atoms. The lowest BCUT2D eigenvalue weighted by molar-refractivity contribution is 0.947. The van der Waals surface area contributed by atoms with E-state index in [1.54, 1.807) is 24.3 Å². The monoisotopic (exact) mass is 295 g/mol. The van der Waals surface area contributed by atoms with Crippen molar-refractivity contribution in [3.63, 3.8) is 0 Å². The maximum Gasteiger partial charge on any atom is 0.255 e. The molecule has 7 nitrogen and oxygen atoms in total. The zero-order valence-electron chi connectivity index (χ0n) is 10.4. The van der Waals surface area contributed by atoms with Crippen molar-refractivity contribution in [2.75, 3.05) is 5.32 Å². The molecule has 0 aliphatic heterocycles. The topological polar surface area (TPSA) is 103 Å². The van der Waals surface area contributed by atoms with Gasteiger partial charge in [-0.2, -0.15) is 30.1 Å². The first kappa shape index (κ1) is 12.9. The van der Waals surface area contributed by atoms with Crippen molar-refractivity contribution in [3.05, 3.63) is 46.9 Å². The smallest absolute Gasteiger partial charge is 0.255 e. The number of hydrogen-bond acceptors (Lipinski definition) is 6. The van der Waals surface area contributed by atoms with Gasteiger partial charge < -0.3 is 5.32 Å². The molecule has 3 aromatic rings. The minimum Gasteiger partial charge on any atom is -0.340 e. The fraction of sp³-hybridized carbons (Fsp3) is 0. The van der Waals surface area contributed by atoms with Gasteiger partial charge in [0.2, 0.25) is 0 Å². The highest BCUT2D eigenvalue weighted by Crippen LogP contribution is 2.21. The van der Waals surface area contributed by atoms with Gasteiger partial charge in [-0.3, -0.25) is 0 Å². The Bertz CT molecular complexity index is 916. The summed E-state index contributed by atoms with van der Waals surface area (Å²) in [5.74, 6) is 0.912.